The Bertz CT molecular complexity index is 660. The Morgan fingerprint density at radius 2 is 1.90 bits per heavy atom. The molecule has 2 heterocycles. The molecule has 0 spiro atoms. The molecule has 1 aromatic rings. The van der Waals surface area contributed by atoms with E-state index in [1.54, 1.807) is 0 Å². The van der Waals surface area contributed by atoms with Crippen molar-refractivity contribution in [3.8, 4) is 0 Å². The summed E-state index contributed by atoms with van der Waals surface area (Å²) in [5.74, 6) is 0.418. The third kappa shape index (κ3) is 6.68. The van der Waals surface area contributed by atoms with Gasteiger partial charge in [0, 0.05) is 32.2 Å². The molecular formula is C21H34N6O2. The van der Waals surface area contributed by atoms with E-state index in [9.17, 15) is 10.1 Å². The van der Waals surface area contributed by atoms with Gasteiger partial charge in [0.2, 0.25) is 0 Å². The number of hydrazone groups is 1. The topological polar surface area (TPSA) is 77.2 Å². The highest BCUT2D eigenvalue weighted by molar-refractivity contribution is 5.80. The summed E-state index contributed by atoms with van der Waals surface area (Å²) in [5.41, 5.74) is 1.33. The van der Waals surface area contributed by atoms with Gasteiger partial charge in [0.1, 0.15) is 5.10 Å². The molecule has 1 N–H and O–H groups in total. The fraction of sp³-hybridized carbons (Fsp3) is 0.667. The zero-order chi connectivity index (χ0) is 20.5. The van der Waals surface area contributed by atoms with E-state index in [4.69, 9.17) is 0 Å². The molecule has 0 unspecified atom stereocenters. The van der Waals surface area contributed by atoms with Gasteiger partial charge in [-0.15, -0.1) is 0 Å². The molecule has 0 aromatic heterocycles. The van der Waals surface area contributed by atoms with Gasteiger partial charge >= 0.3 is 0 Å². The number of guanidine groups is 1. The quantitative estimate of drug-likeness (QED) is 0.389. The predicted molar refractivity (Wildman–Crippen MR) is 115 cm³/mol. The number of unbranched alkanes of at least 4 members (excludes halogenated alkanes) is 3. The maximum Gasteiger partial charge on any atom is 0.273 e. The summed E-state index contributed by atoms with van der Waals surface area (Å²) in [5, 5.41) is 17.2. The lowest BCUT2D eigenvalue weighted by atomic mass is 10.0. The molecule has 29 heavy (non-hydrogen) atoms. The predicted octanol–water partition coefficient (Wildman–Crippen LogP) is 2.90. The van der Waals surface area contributed by atoms with Gasteiger partial charge in [-0.05, 0) is 24.8 Å². The molecule has 0 atom stereocenters. The summed E-state index contributed by atoms with van der Waals surface area (Å²) in [6, 6.07) is 10.8. The van der Waals surface area contributed by atoms with Gasteiger partial charge in [-0.2, -0.15) is 0 Å². The number of hydrogen-bond donors (Lipinski definition) is 1. The second kappa shape index (κ2) is 11.1. The van der Waals surface area contributed by atoms with Crippen LogP contribution in [0.4, 0.5) is 0 Å². The lowest BCUT2D eigenvalue weighted by Crippen LogP contribution is -2.61. The first kappa shape index (κ1) is 21.5. The van der Waals surface area contributed by atoms with Gasteiger partial charge in [-0.3, -0.25) is 9.80 Å². The number of piperidine rings is 1. The number of hydrogen-bond acceptors (Lipinski definition) is 4. The molecule has 0 saturated carbocycles. The van der Waals surface area contributed by atoms with Crippen molar-refractivity contribution >= 4 is 5.96 Å². The normalized spacial score (nSPS) is 20.7. The van der Waals surface area contributed by atoms with E-state index >= 15 is 0 Å². The summed E-state index contributed by atoms with van der Waals surface area (Å²) in [6.45, 7) is 7.54. The third-order valence-corrected chi connectivity index (χ3v) is 5.84. The molecule has 8 nitrogen and oxygen atoms in total. The smallest absolute Gasteiger partial charge is 0.273 e. The fourth-order valence-electron chi connectivity index (χ4n) is 4.22. The van der Waals surface area contributed by atoms with Crippen molar-refractivity contribution in [3.63, 3.8) is 0 Å². The number of nitro groups is 1. The van der Waals surface area contributed by atoms with E-state index in [1.807, 2.05) is 6.07 Å². The SMILES string of the molecule is CCCCCCN1CNC(=N[N+](=O)[O-])N(C2CCN(Cc3ccccc3)CC2)C1. The van der Waals surface area contributed by atoms with E-state index in [0.717, 1.165) is 45.7 Å². The van der Waals surface area contributed by atoms with E-state index < -0.39 is 5.03 Å². The molecule has 0 bridgehead atoms. The molecule has 0 radical (unpaired) electrons. The Labute approximate surface area is 173 Å². The molecule has 2 aliphatic heterocycles. The van der Waals surface area contributed by atoms with Gasteiger partial charge in [0.25, 0.3) is 5.96 Å². The minimum absolute atomic E-state index is 0.284. The number of nitrogens with one attached hydrogen (secondary N) is 1. The standard InChI is InChI=1S/C21H34N6O2/c1-2-3-4-8-13-25-17-22-21(23-27(28)29)26(18-25)20-11-14-24(15-12-20)16-19-9-6-5-7-10-19/h5-7,9-10,20H,2-4,8,11-18H2,1H3,(H,22,23). The molecule has 2 fully saturated rings. The maximum absolute atomic E-state index is 11.0. The first-order chi connectivity index (χ1) is 14.2. The van der Waals surface area contributed by atoms with Crippen LogP contribution in [-0.2, 0) is 6.54 Å². The number of likely N-dealkylation sites (tertiary alicyclic amines) is 1. The van der Waals surface area contributed by atoms with Crippen molar-refractivity contribution in [3.05, 3.63) is 46.0 Å². The molecule has 160 valence electrons. The summed E-state index contributed by atoms with van der Waals surface area (Å²) in [7, 11) is 0. The molecule has 2 aliphatic rings. The van der Waals surface area contributed by atoms with Crippen LogP contribution in [0.15, 0.2) is 35.4 Å². The molecule has 0 aliphatic carbocycles. The van der Waals surface area contributed by atoms with Crippen molar-refractivity contribution < 1.29 is 5.03 Å². The zero-order valence-corrected chi connectivity index (χ0v) is 17.5. The van der Waals surface area contributed by atoms with E-state index in [1.165, 1.54) is 31.2 Å². The number of nitrogens with zero attached hydrogens (tertiary/aromatic N) is 5. The average Bonchev–Trinajstić information content (AvgIpc) is 2.73. The number of benzene rings is 1. The summed E-state index contributed by atoms with van der Waals surface area (Å²) in [6.07, 6.45) is 6.88. The van der Waals surface area contributed by atoms with E-state index in [0.29, 0.717) is 12.6 Å². The highest BCUT2D eigenvalue weighted by atomic mass is 16.7. The summed E-state index contributed by atoms with van der Waals surface area (Å²) in [4.78, 5) is 17.9. The van der Waals surface area contributed by atoms with Gasteiger partial charge in [0.05, 0.1) is 13.3 Å². The molecule has 0 amide bonds. The van der Waals surface area contributed by atoms with Crippen molar-refractivity contribution in [1.82, 2.24) is 20.0 Å². The van der Waals surface area contributed by atoms with E-state index in [2.05, 4.69) is 56.3 Å². The van der Waals surface area contributed by atoms with Crippen LogP contribution < -0.4 is 5.32 Å². The molecule has 2 saturated heterocycles. The molecule has 3 rings (SSSR count). The second-order valence-corrected chi connectivity index (χ2v) is 8.06. The molecule has 8 heteroatoms. The van der Waals surface area contributed by atoms with Gasteiger partial charge in [0.15, 0.2) is 5.03 Å². The van der Waals surface area contributed by atoms with Gasteiger partial charge in [-0.25, -0.2) is 10.1 Å². The second-order valence-electron chi connectivity index (χ2n) is 8.06. The van der Waals surface area contributed by atoms with Crippen LogP contribution in [0.2, 0.25) is 0 Å². The van der Waals surface area contributed by atoms with Crippen LogP contribution >= 0.6 is 0 Å². The van der Waals surface area contributed by atoms with Crippen LogP contribution in [0.5, 0.6) is 0 Å². The van der Waals surface area contributed by atoms with E-state index in [-0.39, 0.29) is 6.04 Å². The Balaban J connectivity index is 1.55. The van der Waals surface area contributed by atoms with Crippen molar-refractivity contribution in [2.75, 3.05) is 33.0 Å². The van der Waals surface area contributed by atoms with Crippen LogP contribution in [0.1, 0.15) is 51.0 Å². The Kier molecular flexibility index (Phi) is 8.25. The molecular weight excluding hydrogens is 368 g/mol. The first-order valence-corrected chi connectivity index (χ1v) is 10.9. The lowest BCUT2D eigenvalue weighted by molar-refractivity contribution is -0.486. The fourth-order valence-corrected chi connectivity index (χ4v) is 4.22. The lowest BCUT2D eigenvalue weighted by Gasteiger charge is -2.44. The Morgan fingerprint density at radius 3 is 2.59 bits per heavy atom. The first-order valence-electron chi connectivity index (χ1n) is 10.9. The van der Waals surface area contributed by atoms with Crippen LogP contribution in [0.25, 0.3) is 0 Å². The van der Waals surface area contributed by atoms with Crippen molar-refractivity contribution in [2.24, 2.45) is 5.10 Å². The van der Waals surface area contributed by atoms with Gasteiger partial charge in [-0.1, -0.05) is 56.5 Å². The Hall–Kier alpha value is -2.19. The highest BCUT2D eigenvalue weighted by Gasteiger charge is 2.32. The van der Waals surface area contributed by atoms with Crippen LogP contribution in [0, 0.1) is 10.1 Å². The minimum atomic E-state index is -0.587. The van der Waals surface area contributed by atoms with Crippen molar-refractivity contribution in [2.45, 2.75) is 58.0 Å². The zero-order valence-electron chi connectivity index (χ0n) is 17.5. The highest BCUT2D eigenvalue weighted by Crippen LogP contribution is 2.20. The minimum Gasteiger partial charge on any atom is -0.338 e. The van der Waals surface area contributed by atoms with Crippen LogP contribution in [0.3, 0.4) is 0 Å². The number of rotatable bonds is 9. The van der Waals surface area contributed by atoms with Crippen LogP contribution in [-0.4, -0.2) is 64.7 Å². The molecule has 1 aromatic carbocycles. The largest absolute Gasteiger partial charge is 0.338 e. The third-order valence-electron chi connectivity index (χ3n) is 5.84. The van der Waals surface area contributed by atoms with Gasteiger partial charge < -0.3 is 10.2 Å². The summed E-state index contributed by atoms with van der Waals surface area (Å²) >= 11 is 0. The Morgan fingerprint density at radius 1 is 1.14 bits per heavy atom. The summed E-state index contributed by atoms with van der Waals surface area (Å²) < 4.78 is 0. The average molecular weight is 403 g/mol. The van der Waals surface area contributed by atoms with Crippen molar-refractivity contribution in [1.29, 1.82) is 0 Å². The maximum atomic E-state index is 11.0. The monoisotopic (exact) mass is 402 g/mol.